The summed E-state index contributed by atoms with van der Waals surface area (Å²) in [6, 6.07) is 9.59. The van der Waals surface area contributed by atoms with Crippen LogP contribution in [0.4, 0.5) is 5.13 Å². The van der Waals surface area contributed by atoms with E-state index in [-0.39, 0.29) is 11.7 Å². The van der Waals surface area contributed by atoms with E-state index < -0.39 is 10.0 Å². The summed E-state index contributed by atoms with van der Waals surface area (Å²) in [6.07, 6.45) is 0. The number of methoxy groups -OCH3 is 1. The molecule has 0 aliphatic heterocycles. The van der Waals surface area contributed by atoms with Gasteiger partial charge in [0.1, 0.15) is 0 Å². The molecule has 0 saturated heterocycles. The third-order valence-electron chi connectivity index (χ3n) is 2.92. The molecule has 0 radical (unpaired) electrons. The van der Waals surface area contributed by atoms with Crippen LogP contribution in [0.1, 0.15) is 24.1 Å². The number of thiazole rings is 1. The quantitative estimate of drug-likeness (QED) is 0.849. The van der Waals surface area contributed by atoms with Crippen LogP contribution in [0, 0.1) is 0 Å². The Kier molecular flexibility index (Phi) is 5.33. The molecule has 0 fully saturated rings. The van der Waals surface area contributed by atoms with Crippen LogP contribution >= 0.6 is 11.3 Å². The van der Waals surface area contributed by atoms with E-state index in [1.807, 2.05) is 37.3 Å². The second kappa shape index (κ2) is 7.02. The molecule has 0 unspecified atom stereocenters. The summed E-state index contributed by atoms with van der Waals surface area (Å²) in [7, 11) is -1.85. The number of nitrogens with zero attached hydrogens (tertiary/aromatic N) is 1. The van der Waals surface area contributed by atoms with Gasteiger partial charge in [0.25, 0.3) is 0 Å². The van der Waals surface area contributed by atoms with Gasteiger partial charge < -0.3 is 4.74 Å². The molecular formula is C14H18N2O3S2. The van der Waals surface area contributed by atoms with Gasteiger partial charge in [0.15, 0.2) is 5.13 Å². The van der Waals surface area contributed by atoms with Crippen molar-refractivity contribution in [2.75, 3.05) is 17.6 Å². The van der Waals surface area contributed by atoms with Crippen LogP contribution < -0.4 is 4.72 Å². The molecule has 21 heavy (non-hydrogen) atoms. The Bertz CT molecular complexity index is 669. The van der Waals surface area contributed by atoms with E-state index in [0.717, 1.165) is 11.3 Å². The molecule has 1 heterocycles. The minimum absolute atomic E-state index is 0.0240. The van der Waals surface area contributed by atoms with Crippen LogP contribution in [0.5, 0.6) is 0 Å². The highest BCUT2D eigenvalue weighted by atomic mass is 32.2. The fraction of sp³-hybridized carbons (Fsp3) is 0.357. The van der Waals surface area contributed by atoms with Gasteiger partial charge in [-0.3, -0.25) is 4.72 Å². The number of anilines is 1. The number of ether oxygens (including phenoxy) is 1. The Morgan fingerprint density at radius 3 is 2.71 bits per heavy atom. The van der Waals surface area contributed by atoms with Crippen LogP contribution in [0.15, 0.2) is 35.7 Å². The summed E-state index contributed by atoms with van der Waals surface area (Å²) in [5, 5.41) is 2.16. The molecule has 0 aliphatic carbocycles. The van der Waals surface area contributed by atoms with Gasteiger partial charge in [-0.2, -0.15) is 0 Å². The standard InChI is InChI=1S/C14H18N2O3S2/c1-11(12-6-4-3-5-7-12)10-21(17,18)16-14-15-13(8-19-2)9-20-14/h3-7,9,11H,8,10H2,1-2H3,(H,15,16)/t11-/m1/s1. The van der Waals surface area contributed by atoms with E-state index in [0.29, 0.717) is 11.7 Å². The third-order valence-corrected chi connectivity index (χ3v) is 5.30. The first kappa shape index (κ1) is 15.9. The van der Waals surface area contributed by atoms with E-state index in [1.54, 1.807) is 12.5 Å². The molecule has 2 rings (SSSR count). The van der Waals surface area contributed by atoms with Crippen molar-refractivity contribution in [1.82, 2.24) is 4.98 Å². The number of aromatic nitrogens is 1. The van der Waals surface area contributed by atoms with Gasteiger partial charge in [-0.25, -0.2) is 13.4 Å². The minimum atomic E-state index is -3.43. The Hall–Kier alpha value is -1.44. The first-order valence-corrected chi connectivity index (χ1v) is 9.02. The lowest BCUT2D eigenvalue weighted by molar-refractivity contribution is 0.182. The highest BCUT2D eigenvalue weighted by molar-refractivity contribution is 7.92. The fourth-order valence-corrected chi connectivity index (χ4v) is 4.31. The molecular weight excluding hydrogens is 308 g/mol. The van der Waals surface area contributed by atoms with E-state index in [9.17, 15) is 8.42 Å². The fourth-order valence-electron chi connectivity index (χ4n) is 1.95. The van der Waals surface area contributed by atoms with Crippen molar-refractivity contribution in [3.8, 4) is 0 Å². The molecule has 1 aromatic carbocycles. The average molecular weight is 326 g/mol. The van der Waals surface area contributed by atoms with Crippen molar-refractivity contribution in [2.24, 2.45) is 0 Å². The van der Waals surface area contributed by atoms with Crippen LogP contribution in [-0.2, 0) is 21.4 Å². The molecule has 1 aromatic heterocycles. The molecule has 5 nitrogen and oxygen atoms in total. The SMILES string of the molecule is COCc1csc(NS(=O)(=O)C[C@@H](C)c2ccccc2)n1. The molecule has 1 N–H and O–H groups in total. The van der Waals surface area contributed by atoms with E-state index in [2.05, 4.69) is 9.71 Å². The first-order valence-electron chi connectivity index (χ1n) is 6.49. The zero-order valence-corrected chi connectivity index (χ0v) is 13.6. The lowest BCUT2D eigenvalue weighted by Crippen LogP contribution is -2.20. The van der Waals surface area contributed by atoms with Gasteiger partial charge in [-0.15, -0.1) is 11.3 Å². The Morgan fingerprint density at radius 1 is 1.33 bits per heavy atom. The van der Waals surface area contributed by atoms with Crippen LogP contribution in [0.25, 0.3) is 0 Å². The van der Waals surface area contributed by atoms with Crippen molar-refractivity contribution in [1.29, 1.82) is 0 Å². The van der Waals surface area contributed by atoms with Crippen LogP contribution in [0.2, 0.25) is 0 Å². The smallest absolute Gasteiger partial charge is 0.235 e. The monoisotopic (exact) mass is 326 g/mol. The van der Waals surface area contributed by atoms with Crippen molar-refractivity contribution < 1.29 is 13.2 Å². The van der Waals surface area contributed by atoms with Gasteiger partial charge in [0.2, 0.25) is 10.0 Å². The van der Waals surface area contributed by atoms with E-state index in [4.69, 9.17) is 4.74 Å². The first-order chi connectivity index (χ1) is 10.00. The molecule has 7 heteroatoms. The molecule has 0 amide bonds. The predicted molar refractivity (Wildman–Crippen MR) is 85.1 cm³/mol. The molecule has 1 atom stereocenters. The highest BCUT2D eigenvalue weighted by Gasteiger charge is 2.18. The van der Waals surface area contributed by atoms with Gasteiger partial charge >= 0.3 is 0 Å². The highest BCUT2D eigenvalue weighted by Crippen LogP contribution is 2.21. The third kappa shape index (κ3) is 4.80. The van der Waals surface area contributed by atoms with E-state index in [1.165, 1.54) is 11.3 Å². The number of hydrogen-bond donors (Lipinski definition) is 1. The maximum atomic E-state index is 12.2. The number of nitrogens with one attached hydrogen (secondary N) is 1. The number of benzene rings is 1. The molecule has 0 saturated carbocycles. The number of rotatable bonds is 7. The van der Waals surface area contributed by atoms with Crippen molar-refractivity contribution in [3.05, 3.63) is 47.0 Å². The zero-order chi connectivity index (χ0) is 15.3. The van der Waals surface area contributed by atoms with Crippen LogP contribution in [0.3, 0.4) is 0 Å². The number of sulfonamides is 1. The lowest BCUT2D eigenvalue weighted by atomic mass is 10.0. The Labute approximate surface area is 129 Å². The van der Waals surface area contributed by atoms with Gasteiger partial charge in [0, 0.05) is 12.5 Å². The molecule has 0 bridgehead atoms. The normalized spacial score (nSPS) is 13.0. The van der Waals surface area contributed by atoms with Gasteiger partial charge in [-0.05, 0) is 11.5 Å². The Morgan fingerprint density at radius 2 is 2.05 bits per heavy atom. The van der Waals surface area contributed by atoms with Gasteiger partial charge in [0.05, 0.1) is 18.1 Å². The lowest BCUT2D eigenvalue weighted by Gasteiger charge is -2.12. The number of hydrogen-bond acceptors (Lipinski definition) is 5. The predicted octanol–water partition coefficient (Wildman–Crippen LogP) is 2.83. The maximum Gasteiger partial charge on any atom is 0.235 e. The molecule has 114 valence electrons. The largest absolute Gasteiger partial charge is 0.378 e. The van der Waals surface area contributed by atoms with E-state index >= 15 is 0 Å². The van der Waals surface area contributed by atoms with Crippen molar-refractivity contribution in [3.63, 3.8) is 0 Å². The Balaban J connectivity index is 2.01. The van der Waals surface area contributed by atoms with Gasteiger partial charge in [-0.1, -0.05) is 37.3 Å². The summed E-state index contributed by atoms with van der Waals surface area (Å²) in [5.74, 6) is -0.0574. The van der Waals surface area contributed by atoms with Crippen LogP contribution in [-0.4, -0.2) is 26.3 Å². The summed E-state index contributed by atoms with van der Waals surface area (Å²) < 4.78 is 31.8. The minimum Gasteiger partial charge on any atom is -0.378 e. The second-order valence-electron chi connectivity index (χ2n) is 4.77. The summed E-state index contributed by atoms with van der Waals surface area (Å²) in [5.41, 5.74) is 1.72. The maximum absolute atomic E-state index is 12.2. The second-order valence-corrected chi connectivity index (χ2v) is 7.40. The molecule has 0 spiro atoms. The molecule has 2 aromatic rings. The molecule has 0 aliphatic rings. The van der Waals surface area contributed by atoms with Crippen molar-refractivity contribution >= 4 is 26.5 Å². The summed E-state index contributed by atoms with van der Waals surface area (Å²) in [6.45, 7) is 2.27. The van der Waals surface area contributed by atoms with Crippen molar-refractivity contribution in [2.45, 2.75) is 19.4 Å². The summed E-state index contributed by atoms with van der Waals surface area (Å²) >= 11 is 1.26. The zero-order valence-electron chi connectivity index (χ0n) is 11.9. The average Bonchev–Trinajstić information content (AvgIpc) is 2.86. The summed E-state index contributed by atoms with van der Waals surface area (Å²) in [4.78, 5) is 4.17. The topological polar surface area (TPSA) is 68.3 Å².